The van der Waals surface area contributed by atoms with Crippen LogP contribution >= 0.6 is 0 Å². The lowest BCUT2D eigenvalue weighted by atomic mass is 10.1. The van der Waals surface area contributed by atoms with Crippen molar-refractivity contribution >= 4 is 8.07 Å². The van der Waals surface area contributed by atoms with Gasteiger partial charge in [-0.25, -0.2) is 4.39 Å². The molecule has 2 heteroatoms. The summed E-state index contributed by atoms with van der Waals surface area (Å²) in [6.45, 7) is 6.09. The molecule has 0 saturated heterocycles. The molecule has 0 heterocycles. The van der Waals surface area contributed by atoms with Crippen molar-refractivity contribution in [3.63, 3.8) is 0 Å². The summed E-state index contributed by atoms with van der Waals surface area (Å²) in [6, 6.07) is 10.2. The van der Waals surface area contributed by atoms with Crippen LogP contribution in [0.25, 0.3) is 0 Å². The number of rotatable bonds is 4. The Labute approximate surface area is 92.8 Å². The van der Waals surface area contributed by atoms with Gasteiger partial charge < -0.3 is 0 Å². The largest absolute Gasteiger partial charge is 0.218 e. The average Bonchev–Trinajstić information content (AvgIpc) is 2.18. The molecule has 0 nitrogen and oxygen atoms in total. The van der Waals surface area contributed by atoms with Gasteiger partial charge in [0.15, 0.2) is 0 Å². The Morgan fingerprint density at radius 1 is 1.20 bits per heavy atom. The van der Waals surface area contributed by atoms with Gasteiger partial charge in [0, 0.05) is 0 Å². The molecule has 0 radical (unpaired) electrons. The van der Waals surface area contributed by atoms with Crippen molar-refractivity contribution in [2.45, 2.75) is 32.5 Å². The van der Waals surface area contributed by atoms with E-state index in [4.69, 9.17) is 0 Å². The minimum atomic E-state index is -1.70. The van der Waals surface area contributed by atoms with E-state index in [-0.39, 0.29) is 5.45 Å². The van der Waals surface area contributed by atoms with Gasteiger partial charge in [-0.05, 0) is 18.4 Å². The fourth-order valence-electron chi connectivity index (χ4n) is 1.32. The fraction of sp³-hybridized carbons (Fsp3) is 0.385. The Hall–Kier alpha value is -0.893. The third-order valence-electron chi connectivity index (χ3n) is 2.32. The second kappa shape index (κ2) is 5.26. The zero-order chi connectivity index (χ0) is 11.3. The fourth-order valence-corrected chi connectivity index (χ4v) is 2.07. The van der Waals surface area contributed by atoms with E-state index in [1.54, 1.807) is 6.08 Å². The molecule has 0 spiro atoms. The van der Waals surface area contributed by atoms with E-state index in [2.05, 4.69) is 12.1 Å². The van der Waals surface area contributed by atoms with Crippen molar-refractivity contribution in [2.24, 2.45) is 0 Å². The zero-order valence-corrected chi connectivity index (χ0v) is 10.8. The SMILES string of the molecule is C[Si](C)(C)/C(F)=C\CCc1ccccc1. The van der Waals surface area contributed by atoms with Gasteiger partial charge in [0.05, 0.1) is 5.45 Å². The van der Waals surface area contributed by atoms with E-state index in [9.17, 15) is 4.39 Å². The van der Waals surface area contributed by atoms with Crippen molar-refractivity contribution in [1.82, 2.24) is 0 Å². The lowest BCUT2D eigenvalue weighted by molar-refractivity contribution is 0.674. The van der Waals surface area contributed by atoms with Crippen molar-refractivity contribution in [3.8, 4) is 0 Å². The number of benzene rings is 1. The number of allylic oxidation sites excluding steroid dienone is 1. The van der Waals surface area contributed by atoms with Crippen LogP contribution in [0.1, 0.15) is 12.0 Å². The van der Waals surface area contributed by atoms with Crippen LogP contribution in [0.15, 0.2) is 41.9 Å². The summed E-state index contributed by atoms with van der Waals surface area (Å²) in [5.41, 5.74) is 1.40. The van der Waals surface area contributed by atoms with Crippen LogP contribution in [0.5, 0.6) is 0 Å². The summed E-state index contributed by atoms with van der Waals surface area (Å²) in [5, 5.41) is 0. The smallest absolute Gasteiger partial charge is 0.114 e. The van der Waals surface area contributed by atoms with Gasteiger partial charge >= 0.3 is 0 Å². The minimum Gasteiger partial charge on any atom is -0.218 e. The Kier molecular flexibility index (Phi) is 4.27. The molecule has 1 aromatic carbocycles. The van der Waals surface area contributed by atoms with E-state index < -0.39 is 8.07 Å². The predicted molar refractivity (Wildman–Crippen MR) is 67.3 cm³/mol. The monoisotopic (exact) mass is 222 g/mol. The highest BCUT2D eigenvalue weighted by atomic mass is 28.3. The van der Waals surface area contributed by atoms with Crippen molar-refractivity contribution in [3.05, 3.63) is 47.4 Å². The summed E-state index contributed by atoms with van der Waals surface area (Å²) < 4.78 is 13.5. The third-order valence-corrected chi connectivity index (χ3v) is 3.95. The number of hydrogen-bond acceptors (Lipinski definition) is 0. The maximum Gasteiger partial charge on any atom is 0.114 e. The summed E-state index contributed by atoms with van der Waals surface area (Å²) in [6.07, 6.45) is 3.50. The molecule has 0 aliphatic carbocycles. The van der Waals surface area contributed by atoms with Crippen LogP contribution in [0.3, 0.4) is 0 Å². The normalized spacial score (nSPS) is 12.9. The first-order chi connectivity index (χ1) is 7.00. The van der Waals surface area contributed by atoms with E-state index in [1.807, 2.05) is 37.8 Å². The Bertz CT molecular complexity index is 322. The lowest BCUT2D eigenvalue weighted by Gasteiger charge is -2.12. The highest BCUT2D eigenvalue weighted by molar-refractivity contribution is 6.82. The Morgan fingerprint density at radius 3 is 2.33 bits per heavy atom. The van der Waals surface area contributed by atoms with Gasteiger partial charge in [0.1, 0.15) is 8.07 Å². The zero-order valence-electron chi connectivity index (χ0n) is 9.76. The summed E-state index contributed by atoms with van der Waals surface area (Å²) in [5.74, 6) is 0. The molecule has 1 aromatic rings. The van der Waals surface area contributed by atoms with Gasteiger partial charge in [-0.2, -0.15) is 0 Å². The van der Waals surface area contributed by atoms with Crippen molar-refractivity contribution in [2.75, 3.05) is 0 Å². The topological polar surface area (TPSA) is 0 Å². The van der Waals surface area contributed by atoms with Crippen LogP contribution in [-0.2, 0) is 6.42 Å². The molecule has 82 valence electrons. The van der Waals surface area contributed by atoms with E-state index >= 15 is 0 Å². The standard InChI is InChI=1S/C13H19FSi/c1-15(2,3)13(14)11-7-10-12-8-5-4-6-9-12/h4-6,8-9,11H,7,10H2,1-3H3/b13-11-. The molecule has 0 unspecified atom stereocenters. The molecule has 0 N–H and O–H groups in total. The molecule has 0 amide bonds. The van der Waals surface area contributed by atoms with E-state index in [0.29, 0.717) is 0 Å². The van der Waals surface area contributed by atoms with Crippen LogP contribution in [0.4, 0.5) is 4.39 Å². The number of hydrogen-bond donors (Lipinski definition) is 0. The molecule has 0 aliphatic rings. The average molecular weight is 222 g/mol. The maximum absolute atomic E-state index is 13.5. The summed E-state index contributed by atoms with van der Waals surface area (Å²) in [4.78, 5) is 0. The number of halogens is 1. The Balaban J connectivity index is 2.46. The van der Waals surface area contributed by atoms with Gasteiger partial charge in [0.25, 0.3) is 0 Å². The van der Waals surface area contributed by atoms with Crippen LogP contribution in [0.2, 0.25) is 19.6 Å². The molecule has 0 aromatic heterocycles. The molecule has 0 atom stereocenters. The van der Waals surface area contributed by atoms with E-state index in [1.165, 1.54) is 5.56 Å². The molecule has 1 rings (SSSR count). The van der Waals surface area contributed by atoms with Crippen molar-refractivity contribution in [1.29, 1.82) is 0 Å². The third kappa shape index (κ3) is 4.43. The van der Waals surface area contributed by atoms with Crippen LogP contribution in [-0.4, -0.2) is 8.07 Å². The predicted octanol–water partition coefficient (Wildman–Crippen LogP) is 4.35. The summed E-state index contributed by atoms with van der Waals surface area (Å²) >= 11 is 0. The number of aryl methyl sites for hydroxylation is 1. The van der Waals surface area contributed by atoms with Crippen LogP contribution < -0.4 is 0 Å². The first-order valence-corrected chi connectivity index (χ1v) is 8.90. The van der Waals surface area contributed by atoms with Crippen molar-refractivity contribution < 1.29 is 4.39 Å². The minimum absolute atomic E-state index is 0.124. The highest BCUT2D eigenvalue weighted by Gasteiger charge is 2.18. The van der Waals surface area contributed by atoms with Gasteiger partial charge in [-0.1, -0.05) is 56.0 Å². The highest BCUT2D eigenvalue weighted by Crippen LogP contribution is 2.16. The quantitative estimate of drug-likeness (QED) is 0.664. The molecule has 0 fully saturated rings. The molecular formula is C13H19FSi. The van der Waals surface area contributed by atoms with Crippen LogP contribution in [0, 0.1) is 0 Å². The first kappa shape index (κ1) is 12.2. The maximum atomic E-state index is 13.5. The lowest BCUT2D eigenvalue weighted by Crippen LogP contribution is -2.21. The molecule has 15 heavy (non-hydrogen) atoms. The molecule has 0 saturated carbocycles. The molecule has 0 aliphatic heterocycles. The summed E-state index contributed by atoms with van der Waals surface area (Å²) in [7, 11) is -1.70. The Morgan fingerprint density at radius 2 is 1.80 bits per heavy atom. The van der Waals surface area contributed by atoms with Gasteiger partial charge in [-0.15, -0.1) is 0 Å². The van der Waals surface area contributed by atoms with E-state index in [0.717, 1.165) is 12.8 Å². The van der Waals surface area contributed by atoms with Gasteiger partial charge in [0.2, 0.25) is 0 Å². The second-order valence-corrected chi connectivity index (χ2v) is 9.80. The first-order valence-electron chi connectivity index (χ1n) is 5.40. The molecule has 0 bridgehead atoms. The molecular weight excluding hydrogens is 203 g/mol. The second-order valence-electron chi connectivity index (χ2n) is 4.83. The van der Waals surface area contributed by atoms with Gasteiger partial charge in [-0.3, -0.25) is 0 Å².